The molecule has 1 saturated heterocycles. The molecule has 1 fully saturated rings. The molecule has 1 aliphatic rings. The second-order valence-corrected chi connectivity index (χ2v) is 5.41. The van der Waals surface area contributed by atoms with E-state index in [1.807, 2.05) is 0 Å². The van der Waals surface area contributed by atoms with Gasteiger partial charge in [0.25, 0.3) is 0 Å². The van der Waals surface area contributed by atoms with E-state index in [0.717, 1.165) is 71.5 Å². The van der Waals surface area contributed by atoms with Gasteiger partial charge in [-0.1, -0.05) is 0 Å². The predicted octanol–water partition coefficient (Wildman–Crippen LogP) is 0.689. The van der Waals surface area contributed by atoms with Crippen LogP contribution < -0.4 is 10.6 Å². The minimum atomic E-state index is 0.300. The van der Waals surface area contributed by atoms with Gasteiger partial charge in [-0.05, 0) is 27.2 Å². The third-order valence-corrected chi connectivity index (χ3v) is 3.19. The van der Waals surface area contributed by atoms with Gasteiger partial charge in [-0.3, -0.25) is 9.89 Å². The first-order valence-electron chi connectivity index (χ1n) is 8.16. The molecule has 2 N–H and O–H groups in total. The van der Waals surface area contributed by atoms with Crippen molar-refractivity contribution < 1.29 is 9.47 Å². The average molecular weight is 300 g/mol. The van der Waals surface area contributed by atoms with Gasteiger partial charge in [0.15, 0.2) is 5.96 Å². The first-order chi connectivity index (χ1) is 10.2. The summed E-state index contributed by atoms with van der Waals surface area (Å²) in [4.78, 5) is 6.98. The van der Waals surface area contributed by atoms with E-state index < -0.39 is 0 Å². The van der Waals surface area contributed by atoms with Gasteiger partial charge in [-0.15, -0.1) is 0 Å². The van der Waals surface area contributed by atoms with E-state index in [-0.39, 0.29) is 0 Å². The molecule has 1 rings (SSSR count). The monoisotopic (exact) mass is 300 g/mol. The third kappa shape index (κ3) is 9.66. The summed E-state index contributed by atoms with van der Waals surface area (Å²) >= 11 is 0. The lowest BCUT2D eigenvalue weighted by Crippen LogP contribution is -2.44. The van der Waals surface area contributed by atoms with Crippen LogP contribution in [-0.4, -0.2) is 76.1 Å². The molecule has 1 heterocycles. The van der Waals surface area contributed by atoms with Crippen molar-refractivity contribution in [3.05, 3.63) is 0 Å². The molecule has 124 valence electrons. The van der Waals surface area contributed by atoms with E-state index in [1.54, 1.807) is 0 Å². The molecule has 0 saturated carbocycles. The van der Waals surface area contributed by atoms with Gasteiger partial charge < -0.3 is 20.1 Å². The highest BCUT2D eigenvalue weighted by Gasteiger charge is 2.09. The maximum Gasteiger partial charge on any atom is 0.191 e. The second-order valence-electron chi connectivity index (χ2n) is 5.41. The smallest absolute Gasteiger partial charge is 0.191 e. The maximum absolute atomic E-state index is 5.52. The Labute approximate surface area is 129 Å². The normalized spacial score (nSPS) is 17.2. The van der Waals surface area contributed by atoms with Crippen LogP contribution >= 0.6 is 0 Å². The van der Waals surface area contributed by atoms with Gasteiger partial charge in [0.2, 0.25) is 0 Å². The fourth-order valence-electron chi connectivity index (χ4n) is 2.07. The standard InChI is InChI=1S/C15H32N4O2/c1-4-16-15(17-6-5-11-21-14(2)3)18-7-8-19-9-12-20-13-10-19/h14H,4-13H2,1-3H3,(H2,16,17,18). The number of nitrogens with zero attached hydrogens (tertiary/aromatic N) is 2. The SMILES string of the molecule is CCNC(=NCCCOC(C)C)NCCN1CCOCC1. The highest BCUT2D eigenvalue weighted by Crippen LogP contribution is 1.95. The second kappa shape index (κ2) is 11.8. The summed E-state index contributed by atoms with van der Waals surface area (Å²) in [6.45, 7) is 14.3. The average Bonchev–Trinajstić information content (AvgIpc) is 2.47. The molecule has 0 aromatic carbocycles. The fourth-order valence-corrected chi connectivity index (χ4v) is 2.07. The van der Waals surface area contributed by atoms with Gasteiger partial charge in [-0.2, -0.15) is 0 Å². The number of ether oxygens (including phenoxy) is 2. The van der Waals surface area contributed by atoms with Crippen LogP contribution in [0.15, 0.2) is 4.99 Å². The Bertz CT molecular complexity index is 279. The van der Waals surface area contributed by atoms with Crippen LogP contribution in [0.1, 0.15) is 27.2 Å². The van der Waals surface area contributed by atoms with E-state index in [9.17, 15) is 0 Å². The lowest BCUT2D eigenvalue weighted by Gasteiger charge is -2.26. The van der Waals surface area contributed by atoms with Gasteiger partial charge in [0.1, 0.15) is 0 Å². The molecule has 0 aromatic rings. The molecule has 0 unspecified atom stereocenters. The number of hydrogen-bond donors (Lipinski definition) is 2. The fraction of sp³-hybridized carbons (Fsp3) is 0.933. The molecule has 1 aliphatic heterocycles. The Morgan fingerprint density at radius 3 is 2.71 bits per heavy atom. The molecular formula is C15H32N4O2. The van der Waals surface area contributed by atoms with Crippen molar-refractivity contribution in [1.29, 1.82) is 0 Å². The first kappa shape index (κ1) is 18.2. The van der Waals surface area contributed by atoms with Crippen molar-refractivity contribution >= 4 is 5.96 Å². The quantitative estimate of drug-likeness (QED) is 0.373. The Kier molecular flexibility index (Phi) is 10.2. The van der Waals surface area contributed by atoms with Crippen molar-refractivity contribution in [2.75, 3.05) is 59.1 Å². The Morgan fingerprint density at radius 1 is 1.29 bits per heavy atom. The van der Waals surface area contributed by atoms with E-state index in [0.29, 0.717) is 6.10 Å². The molecule has 0 spiro atoms. The van der Waals surface area contributed by atoms with Crippen molar-refractivity contribution in [2.45, 2.75) is 33.3 Å². The Balaban J connectivity index is 2.15. The van der Waals surface area contributed by atoms with Crippen molar-refractivity contribution in [3.63, 3.8) is 0 Å². The summed E-state index contributed by atoms with van der Waals surface area (Å²) in [7, 11) is 0. The maximum atomic E-state index is 5.52. The van der Waals surface area contributed by atoms with Crippen molar-refractivity contribution in [3.8, 4) is 0 Å². The highest BCUT2D eigenvalue weighted by molar-refractivity contribution is 5.79. The molecular weight excluding hydrogens is 268 g/mol. The predicted molar refractivity (Wildman–Crippen MR) is 86.9 cm³/mol. The minimum Gasteiger partial charge on any atom is -0.379 e. The van der Waals surface area contributed by atoms with Crippen molar-refractivity contribution in [2.24, 2.45) is 4.99 Å². The summed E-state index contributed by atoms with van der Waals surface area (Å²) in [5.41, 5.74) is 0. The zero-order chi connectivity index (χ0) is 15.3. The van der Waals surface area contributed by atoms with Crippen LogP contribution in [0.4, 0.5) is 0 Å². The largest absolute Gasteiger partial charge is 0.379 e. The number of morpholine rings is 1. The first-order valence-corrected chi connectivity index (χ1v) is 8.16. The number of rotatable bonds is 9. The molecule has 0 atom stereocenters. The van der Waals surface area contributed by atoms with E-state index in [2.05, 4.69) is 41.3 Å². The van der Waals surface area contributed by atoms with Gasteiger partial charge >= 0.3 is 0 Å². The van der Waals surface area contributed by atoms with E-state index in [1.165, 1.54) is 0 Å². The molecule has 0 bridgehead atoms. The van der Waals surface area contributed by atoms with Gasteiger partial charge in [0, 0.05) is 45.9 Å². The molecule has 21 heavy (non-hydrogen) atoms. The minimum absolute atomic E-state index is 0.300. The third-order valence-electron chi connectivity index (χ3n) is 3.19. The molecule has 0 aromatic heterocycles. The lowest BCUT2D eigenvalue weighted by molar-refractivity contribution is 0.0389. The summed E-state index contributed by atoms with van der Waals surface area (Å²) in [6, 6.07) is 0. The molecule has 0 radical (unpaired) electrons. The molecule has 0 aliphatic carbocycles. The Hall–Kier alpha value is -0.850. The molecule has 0 amide bonds. The van der Waals surface area contributed by atoms with Crippen molar-refractivity contribution in [1.82, 2.24) is 15.5 Å². The summed E-state index contributed by atoms with van der Waals surface area (Å²) in [6.07, 6.45) is 1.26. The summed E-state index contributed by atoms with van der Waals surface area (Å²) in [5, 5.41) is 6.66. The topological polar surface area (TPSA) is 58.1 Å². The van der Waals surface area contributed by atoms with Gasteiger partial charge in [-0.25, -0.2) is 0 Å². The zero-order valence-electron chi connectivity index (χ0n) is 13.9. The van der Waals surface area contributed by atoms with Crippen LogP contribution in [0, 0.1) is 0 Å². The van der Waals surface area contributed by atoms with Crippen LogP contribution in [0.25, 0.3) is 0 Å². The van der Waals surface area contributed by atoms with Crippen LogP contribution in [-0.2, 0) is 9.47 Å². The van der Waals surface area contributed by atoms with Gasteiger partial charge in [0.05, 0.1) is 19.3 Å². The van der Waals surface area contributed by atoms with E-state index >= 15 is 0 Å². The lowest BCUT2D eigenvalue weighted by atomic mass is 10.4. The van der Waals surface area contributed by atoms with Crippen LogP contribution in [0.2, 0.25) is 0 Å². The molecule has 6 heteroatoms. The Morgan fingerprint density at radius 2 is 2.05 bits per heavy atom. The summed E-state index contributed by atoms with van der Waals surface area (Å²) in [5.74, 6) is 0.898. The number of guanidine groups is 1. The van der Waals surface area contributed by atoms with Crippen LogP contribution in [0.5, 0.6) is 0 Å². The number of aliphatic imine (C=N–C) groups is 1. The van der Waals surface area contributed by atoms with E-state index in [4.69, 9.17) is 9.47 Å². The zero-order valence-corrected chi connectivity index (χ0v) is 13.9. The molecule has 6 nitrogen and oxygen atoms in total. The summed E-state index contributed by atoms with van der Waals surface area (Å²) < 4.78 is 10.9. The highest BCUT2D eigenvalue weighted by atomic mass is 16.5. The number of nitrogens with one attached hydrogen (secondary N) is 2. The van der Waals surface area contributed by atoms with Crippen LogP contribution in [0.3, 0.4) is 0 Å². The number of hydrogen-bond acceptors (Lipinski definition) is 4.